The third-order valence-corrected chi connectivity index (χ3v) is 4.51. The number of aryl methyl sites for hydroxylation is 2. The molecule has 4 nitrogen and oxygen atoms in total. The van der Waals surface area contributed by atoms with Crippen molar-refractivity contribution in [3.05, 3.63) is 77.0 Å². The Morgan fingerprint density at radius 3 is 2.75 bits per heavy atom. The molecule has 0 unspecified atom stereocenters. The van der Waals surface area contributed by atoms with E-state index in [0.717, 1.165) is 23.2 Å². The van der Waals surface area contributed by atoms with Crippen LogP contribution < -0.4 is 5.32 Å². The van der Waals surface area contributed by atoms with Crippen LogP contribution >= 0.6 is 0 Å². The molecule has 2 aromatic carbocycles. The van der Waals surface area contributed by atoms with Crippen LogP contribution in [0.3, 0.4) is 0 Å². The first kappa shape index (κ1) is 14.7. The van der Waals surface area contributed by atoms with Crippen molar-refractivity contribution in [2.45, 2.75) is 25.8 Å². The molecule has 0 saturated heterocycles. The van der Waals surface area contributed by atoms with Gasteiger partial charge in [-0.25, -0.2) is 0 Å². The van der Waals surface area contributed by atoms with Crippen LogP contribution in [0.5, 0.6) is 0 Å². The summed E-state index contributed by atoms with van der Waals surface area (Å²) in [5.74, 6) is -0.134. The molecule has 120 valence electrons. The molecule has 2 N–H and O–H groups in total. The number of nitrogens with zero attached hydrogens (tertiary/aromatic N) is 1. The number of nitrogens with one attached hydrogen (secondary N) is 2. The predicted octanol–water partition coefficient (Wildman–Crippen LogP) is 3.50. The molecule has 0 spiro atoms. The van der Waals surface area contributed by atoms with E-state index in [-0.39, 0.29) is 5.91 Å². The zero-order chi connectivity index (χ0) is 16.4. The number of hydrogen-bond donors (Lipinski definition) is 2. The van der Waals surface area contributed by atoms with Crippen LogP contribution in [0.15, 0.2) is 54.6 Å². The lowest BCUT2D eigenvalue weighted by molar-refractivity contribution is 0.0946. The maximum atomic E-state index is 12.3. The van der Waals surface area contributed by atoms with Gasteiger partial charge in [-0.05, 0) is 42.0 Å². The zero-order valence-corrected chi connectivity index (χ0v) is 13.4. The maximum absolute atomic E-state index is 12.3. The second kappa shape index (κ2) is 6.32. The molecule has 0 saturated carbocycles. The number of H-pyrrole nitrogens is 1. The van der Waals surface area contributed by atoms with Gasteiger partial charge in [-0.2, -0.15) is 5.10 Å². The van der Waals surface area contributed by atoms with Crippen molar-refractivity contribution in [3.63, 3.8) is 0 Å². The summed E-state index contributed by atoms with van der Waals surface area (Å²) in [5.41, 5.74) is 6.27. The van der Waals surface area contributed by atoms with Crippen molar-refractivity contribution in [3.8, 4) is 11.3 Å². The van der Waals surface area contributed by atoms with Gasteiger partial charge in [0.1, 0.15) is 5.69 Å². The normalized spacial score (nSPS) is 12.8. The third kappa shape index (κ3) is 2.95. The molecule has 3 aromatic rings. The Hall–Kier alpha value is -2.88. The molecule has 4 heteroatoms. The van der Waals surface area contributed by atoms with E-state index in [0.29, 0.717) is 12.2 Å². The summed E-state index contributed by atoms with van der Waals surface area (Å²) in [6.07, 6.45) is 3.57. The first-order chi connectivity index (χ1) is 11.8. The molecule has 1 aliphatic carbocycles. The number of amides is 1. The Balaban J connectivity index is 1.42. The molecule has 1 aliphatic rings. The number of carbonyl (C=O) groups excluding carboxylic acids is 1. The first-order valence-corrected chi connectivity index (χ1v) is 8.29. The van der Waals surface area contributed by atoms with Gasteiger partial charge in [0.2, 0.25) is 0 Å². The van der Waals surface area contributed by atoms with Crippen LogP contribution in [0.1, 0.15) is 33.6 Å². The van der Waals surface area contributed by atoms with Gasteiger partial charge in [0.05, 0.1) is 5.69 Å². The minimum atomic E-state index is -0.134. The SMILES string of the molecule is O=C(NCc1ccc2c(c1)CCC2)c1cc(-c2ccccc2)n[nH]1. The standard InChI is InChI=1S/C20H19N3O/c24-20(19-12-18(22-23-19)16-5-2-1-3-6-16)21-13-14-9-10-15-7-4-8-17(15)11-14/h1-3,5-6,9-12H,4,7-8,13H2,(H,21,24)(H,22,23). The van der Waals surface area contributed by atoms with E-state index < -0.39 is 0 Å². The lowest BCUT2D eigenvalue weighted by Gasteiger charge is -2.06. The van der Waals surface area contributed by atoms with Crippen molar-refractivity contribution < 1.29 is 4.79 Å². The molecule has 0 bridgehead atoms. The van der Waals surface area contributed by atoms with Gasteiger partial charge in [0, 0.05) is 12.1 Å². The van der Waals surface area contributed by atoms with E-state index in [2.05, 4.69) is 33.7 Å². The second-order valence-corrected chi connectivity index (χ2v) is 6.17. The van der Waals surface area contributed by atoms with Crippen molar-refractivity contribution in [2.24, 2.45) is 0 Å². The third-order valence-electron chi connectivity index (χ3n) is 4.51. The van der Waals surface area contributed by atoms with E-state index in [1.807, 2.05) is 30.3 Å². The van der Waals surface area contributed by atoms with Crippen molar-refractivity contribution in [1.29, 1.82) is 0 Å². The van der Waals surface area contributed by atoms with E-state index >= 15 is 0 Å². The average molecular weight is 317 g/mol. The van der Waals surface area contributed by atoms with E-state index in [1.54, 1.807) is 6.07 Å². The highest BCUT2D eigenvalue weighted by Crippen LogP contribution is 2.23. The summed E-state index contributed by atoms with van der Waals surface area (Å²) in [7, 11) is 0. The fourth-order valence-corrected chi connectivity index (χ4v) is 3.21. The summed E-state index contributed by atoms with van der Waals surface area (Å²) in [4.78, 5) is 12.3. The Morgan fingerprint density at radius 1 is 1.04 bits per heavy atom. The van der Waals surface area contributed by atoms with Gasteiger partial charge < -0.3 is 5.32 Å². The molecule has 1 aromatic heterocycles. The van der Waals surface area contributed by atoms with Gasteiger partial charge in [0.25, 0.3) is 5.91 Å². The first-order valence-electron chi connectivity index (χ1n) is 8.29. The molecular weight excluding hydrogens is 298 g/mol. The summed E-state index contributed by atoms with van der Waals surface area (Å²) in [6.45, 7) is 0.534. The minimum Gasteiger partial charge on any atom is -0.347 e. The summed E-state index contributed by atoms with van der Waals surface area (Å²) in [5, 5.41) is 10.0. The summed E-state index contributed by atoms with van der Waals surface area (Å²) >= 11 is 0. The predicted molar refractivity (Wildman–Crippen MR) is 93.7 cm³/mol. The molecule has 1 amide bonds. The number of aromatic amines is 1. The van der Waals surface area contributed by atoms with Crippen LogP contribution in [-0.4, -0.2) is 16.1 Å². The van der Waals surface area contributed by atoms with E-state index in [4.69, 9.17) is 0 Å². The van der Waals surface area contributed by atoms with Gasteiger partial charge in [0.15, 0.2) is 0 Å². The molecule has 0 fully saturated rings. The maximum Gasteiger partial charge on any atom is 0.269 e. The van der Waals surface area contributed by atoms with Crippen LogP contribution in [-0.2, 0) is 19.4 Å². The Labute approximate surface area is 140 Å². The molecule has 4 rings (SSSR count). The van der Waals surface area contributed by atoms with Crippen LogP contribution in [0.4, 0.5) is 0 Å². The average Bonchev–Trinajstić information content (AvgIpc) is 3.29. The van der Waals surface area contributed by atoms with Crippen LogP contribution in [0.25, 0.3) is 11.3 Å². The molecule has 0 radical (unpaired) electrons. The highest BCUT2D eigenvalue weighted by Gasteiger charge is 2.13. The number of rotatable bonds is 4. The highest BCUT2D eigenvalue weighted by atomic mass is 16.1. The van der Waals surface area contributed by atoms with Gasteiger partial charge in [-0.1, -0.05) is 48.5 Å². The summed E-state index contributed by atoms with van der Waals surface area (Å²) in [6, 6.07) is 18.1. The number of carbonyl (C=O) groups is 1. The molecule has 24 heavy (non-hydrogen) atoms. The molecule has 1 heterocycles. The Kier molecular flexibility index (Phi) is 3.87. The molecule has 0 atom stereocenters. The fourth-order valence-electron chi connectivity index (χ4n) is 3.21. The summed E-state index contributed by atoms with van der Waals surface area (Å²) < 4.78 is 0. The minimum absolute atomic E-state index is 0.134. The molecular formula is C20H19N3O. The smallest absolute Gasteiger partial charge is 0.269 e. The van der Waals surface area contributed by atoms with Crippen LogP contribution in [0, 0.1) is 0 Å². The van der Waals surface area contributed by atoms with Crippen molar-refractivity contribution in [2.75, 3.05) is 0 Å². The largest absolute Gasteiger partial charge is 0.347 e. The van der Waals surface area contributed by atoms with Gasteiger partial charge in [-0.3, -0.25) is 9.89 Å². The van der Waals surface area contributed by atoms with Gasteiger partial charge in [-0.15, -0.1) is 0 Å². The fraction of sp³-hybridized carbons (Fsp3) is 0.200. The van der Waals surface area contributed by atoms with Gasteiger partial charge >= 0.3 is 0 Å². The Morgan fingerprint density at radius 2 is 1.88 bits per heavy atom. The number of aromatic nitrogens is 2. The van der Waals surface area contributed by atoms with Crippen molar-refractivity contribution in [1.82, 2.24) is 15.5 Å². The number of fused-ring (bicyclic) bond motifs is 1. The monoisotopic (exact) mass is 317 g/mol. The van der Waals surface area contributed by atoms with E-state index in [1.165, 1.54) is 24.0 Å². The Bertz CT molecular complexity index is 868. The second-order valence-electron chi connectivity index (χ2n) is 6.17. The van der Waals surface area contributed by atoms with Crippen LogP contribution in [0.2, 0.25) is 0 Å². The number of benzene rings is 2. The highest BCUT2D eigenvalue weighted by molar-refractivity contribution is 5.93. The topological polar surface area (TPSA) is 57.8 Å². The lowest BCUT2D eigenvalue weighted by atomic mass is 10.1. The number of hydrogen-bond acceptors (Lipinski definition) is 2. The molecule has 0 aliphatic heterocycles. The lowest BCUT2D eigenvalue weighted by Crippen LogP contribution is -2.23. The quantitative estimate of drug-likeness (QED) is 0.774. The zero-order valence-electron chi connectivity index (χ0n) is 13.4. The van der Waals surface area contributed by atoms with E-state index in [9.17, 15) is 4.79 Å². The van der Waals surface area contributed by atoms with Crippen molar-refractivity contribution >= 4 is 5.91 Å².